The van der Waals surface area contributed by atoms with Gasteiger partial charge in [-0.1, -0.05) is 112 Å². The minimum absolute atomic E-state index is 0.000721. The lowest BCUT2D eigenvalue weighted by Gasteiger charge is -2.20. The molecule has 0 radical (unpaired) electrons. The Bertz CT molecular complexity index is 2720. The number of nitrogens with zero attached hydrogens (tertiary/aromatic N) is 5. The monoisotopic (exact) mass is 661 g/mol. The average molecular weight is 662 g/mol. The molecule has 0 N–H and O–H groups in total. The maximum atomic E-state index is 6.61. The molecule has 0 spiro atoms. The van der Waals surface area contributed by atoms with Gasteiger partial charge in [-0.2, -0.15) is 0 Å². The first kappa shape index (κ1) is 30.5. The smallest absolute Gasteiger partial charge is 0.210 e. The van der Waals surface area contributed by atoms with Gasteiger partial charge in [0.05, 0.1) is 17.2 Å². The number of ether oxygens (including phenoxy) is 1. The number of para-hydroxylation sites is 3. The Balaban J connectivity index is 1.12. The zero-order valence-corrected chi connectivity index (χ0v) is 28.7. The summed E-state index contributed by atoms with van der Waals surface area (Å²) in [6.07, 6.45) is 7.35. The summed E-state index contributed by atoms with van der Waals surface area (Å²) in [6.45, 7) is 6.69. The number of benzene rings is 5. The molecule has 0 saturated heterocycles. The summed E-state index contributed by atoms with van der Waals surface area (Å²) < 4.78 is 13.0. The summed E-state index contributed by atoms with van der Waals surface area (Å²) in [5, 5.41) is 2.33. The van der Waals surface area contributed by atoms with Crippen molar-refractivity contribution in [3.8, 4) is 39.9 Å². The van der Waals surface area contributed by atoms with Gasteiger partial charge in [-0.3, -0.25) is 9.13 Å². The molecule has 0 unspecified atom stereocenters. The first-order chi connectivity index (χ1) is 24.9. The van der Waals surface area contributed by atoms with Crippen LogP contribution in [0.15, 0.2) is 158 Å². The van der Waals surface area contributed by atoms with Gasteiger partial charge < -0.3 is 9.30 Å². The number of hydrogen-bond donors (Lipinski definition) is 0. The lowest BCUT2D eigenvalue weighted by molar-refractivity contribution is -0.575. The van der Waals surface area contributed by atoms with Crippen LogP contribution >= 0.6 is 0 Å². The average Bonchev–Trinajstić information content (AvgIpc) is 3.71. The molecule has 51 heavy (non-hydrogen) atoms. The molecule has 6 nitrogen and oxygen atoms in total. The molecule has 0 aliphatic heterocycles. The lowest BCUT2D eigenvalue weighted by Crippen LogP contribution is -2.31. The zero-order chi connectivity index (χ0) is 34.5. The van der Waals surface area contributed by atoms with Gasteiger partial charge in [0.15, 0.2) is 6.33 Å². The summed E-state index contributed by atoms with van der Waals surface area (Å²) in [7, 11) is 0. The molecule has 0 aliphatic rings. The van der Waals surface area contributed by atoms with E-state index in [1.54, 1.807) is 0 Å². The van der Waals surface area contributed by atoms with Crippen molar-refractivity contribution in [2.24, 2.45) is 0 Å². The molecular weight excluding hydrogens is 627 g/mol. The molecule has 9 aromatic rings. The normalized spacial score (nSPS) is 11.8. The van der Waals surface area contributed by atoms with E-state index in [9.17, 15) is 0 Å². The lowest BCUT2D eigenvalue weighted by atomic mass is 9.88. The number of rotatable bonds is 6. The number of imidazole rings is 1. The Kier molecular flexibility index (Phi) is 7.25. The number of fused-ring (bicyclic) bond motifs is 4. The molecule has 0 saturated carbocycles. The predicted molar refractivity (Wildman–Crippen MR) is 204 cm³/mol. The summed E-state index contributed by atoms with van der Waals surface area (Å²) in [5.41, 5.74) is 8.46. The van der Waals surface area contributed by atoms with Crippen molar-refractivity contribution in [3.05, 3.63) is 170 Å². The Morgan fingerprint density at radius 1 is 0.608 bits per heavy atom. The van der Waals surface area contributed by atoms with Crippen LogP contribution in [-0.2, 0) is 5.41 Å². The first-order valence-corrected chi connectivity index (χ1v) is 17.2. The third kappa shape index (κ3) is 5.42. The molecule has 5 aromatic carbocycles. The minimum Gasteiger partial charge on any atom is -0.458 e. The number of hydrogen-bond acceptors (Lipinski definition) is 3. The van der Waals surface area contributed by atoms with Gasteiger partial charge in [-0.15, -0.1) is 4.98 Å². The fraction of sp³-hybridized carbons (Fsp3) is 0.0889. The molecule has 6 heteroatoms. The quantitative estimate of drug-likeness (QED) is 0.132. The Labute approximate surface area is 296 Å². The van der Waals surface area contributed by atoms with Gasteiger partial charge in [0.1, 0.15) is 17.3 Å². The Hall–Kier alpha value is -6.53. The van der Waals surface area contributed by atoms with E-state index in [0.717, 1.165) is 67.4 Å². The van der Waals surface area contributed by atoms with Gasteiger partial charge in [0.2, 0.25) is 5.82 Å². The van der Waals surface area contributed by atoms with Crippen molar-refractivity contribution in [1.29, 1.82) is 0 Å². The highest BCUT2D eigenvalue weighted by Crippen LogP contribution is 2.36. The van der Waals surface area contributed by atoms with Gasteiger partial charge in [0, 0.05) is 45.3 Å². The van der Waals surface area contributed by atoms with Crippen molar-refractivity contribution >= 4 is 32.8 Å². The van der Waals surface area contributed by atoms with E-state index in [2.05, 4.69) is 127 Å². The van der Waals surface area contributed by atoms with E-state index < -0.39 is 0 Å². The number of aromatic nitrogens is 5. The Morgan fingerprint density at radius 3 is 2.24 bits per heavy atom. The Morgan fingerprint density at radius 2 is 1.37 bits per heavy atom. The molecule has 9 rings (SSSR count). The molecule has 0 fully saturated rings. The van der Waals surface area contributed by atoms with Crippen LogP contribution in [0.4, 0.5) is 0 Å². The van der Waals surface area contributed by atoms with Crippen molar-refractivity contribution < 1.29 is 9.30 Å². The highest BCUT2D eigenvalue weighted by atomic mass is 16.5. The van der Waals surface area contributed by atoms with Gasteiger partial charge in [0.25, 0.3) is 0 Å². The number of pyridine rings is 2. The van der Waals surface area contributed by atoms with Crippen LogP contribution in [-0.4, -0.2) is 19.1 Å². The van der Waals surface area contributed by atoms with Gasteiger partial charge in [-0.05, 0) is 65.1 Å². The van der Waals surface area contributed by atoms with E-state index >= 15 is 0 Å². The maximum absolute atomic E-state index is 6.61. The van der Waals surface area contributed by atoms with E-state index in [1.165, 1.54) is 10.9 Å². The third-order valence-electron chi connectivity index (χ3n) is 9.44. The summed E-state index contributed by atoms with van der Waals surface area (Å²) >= 11 is 0. The second kappa shape index (κ2) is 12.1. The van der Waals surface area contributed by atoms with Crippen LogP contribution in [0.5, 0.6) is 11.5 Å². The highest BCUT2D eigenvalue weighted by Gasteiger charge is 2.19. The topological polar surface area (TPSA) is 48.8 Å². The molecule has 4 aromatic heterocycles. The third-order valence-corrected chi connectivity index (χ3v) is 9.44. The maximum Gasteiger partial charge on any atom is 0.210 e. The second-order valence-electron chi connectivity index (χ2n) is 13.8. The van der Waals surface area contributed by atoms with Crippen molar-refractivity contribution in [3.63, 3.8) is 0 Å². The predicted octanol–water partition coefficient (Wildman–Crippen LogP) is 10.4. The molecule has 246 valence electrons. The summed E-state index contributed by atoms with van der Waals surface area (Å²) in [4.78, 5) is 9.66. The fourth-order valence-electron chi connectivity index (χ4n) is 6.92. The van der Waals surface area contributed by atoms with Crippen LogP contribution in [0.25, 0.3) is 61.3 Å². The summed E-state index contributed by atoms with van der Waals surface area (Å²) in [5.74, 6) is 3.17. The summed E-state index contributed by atoms with van der Waals surface area (Å²) in [6, 6.07) is 50.0. The van der Waals surface area contributed by atoms with E-state index in [1.807, 2.05) is 71.6 Å². The molecular formula is C45H35N5O. The van der Waals surface area contributed by atoms with Crippen LogP contribution in [0.2, 0.25) is 0 Å². The van der Waals surface area contributed by atoms with Crippen molar-refractivity contribution in [2.75, 3.05) is 0 Å². The molecule has 4 heterocycles. The second-order valence-corrected chi connectivity index (χ2v) is 13.8. The first-order valence-electron chi connectivity index (χ1n) is 17.2. The highest BCUT2D eigenvalue weighted by molar-refractivity contribution is 6.09. The zero-order valence-electron chi connectivity index (χ0n) is 28.7. The van der Waals surface area contributed by atoms with Crippen LogP contribution in [0.3, 0.4) is 0 Å². The van der Waals surface area contributed by atoms with E-state index in [-0.39, 0.29) is 5.41 Å². The van der Waals surface area contributed by atoms with Crippen molar-refractivity contribution in [1.82, 2.24) is 19.1 Å². The van der Waals surface area contributed by atoms with Crippen LogP contribution in [0, 0.1) is 6.33 Å². The van der Waals surface area contributed by atoms with Crippen molar-refractivity contribution in [2.45, 2.75) is 26.2 Å². The standard InChI is InChI=1S/C45H35N5O/c1-45(2,3)32-24-26-46-43(27-32)50-39-19-8-7-17-37(39)38-23-22-35(29-42(38)50)51-34-16-11-15-33(28-34)48-30-49(41-21-10-9-20-40(41)48)44-36(18-12-25-47-44)31-13-5-4-6-14-31/h4-29H,1-3H3. The van der Waals surface area contributed by atoms with E-state index in [4.69, 9.17) is 14.7 Å². The molecule has 0 bridgehead atoms. The van der Waals surface area contributed by atoms with Gasteiger partial charge >= 0.3 is 0 Å². The van der Waals surface area contributed by atoms with Gasteiger partial charge in [-0.25, -0.2) is 4.98 Å². The van der Waals surface area contributed by atoms with E-state index in [0.29, 0.717) is 0 Å². The molecule has 0 aliphatic carbocycles. The SMILES string of the molecule is CC(C)(C)c1ccnc(-n2c3ccccc3c3ccc(Oc4cccc(-n5[c-][n+](-c6ncccc6-c6ccccc6)c6ccccc65)c4)cc32)c1. The molecule has 0 amide bonds. The van der Waals surface area contributed by atoms with Crippen LogP contribution < -0.4 is 9.30 Å². The minimum atomic E-state index is -0.000721. The largest absolute Gasteiger partial charge is 0.458 e. The van der Waals surface area contributed by atoms with Crippen LogP contribution in [0.1, 0.15) is 26.3 Å². The fourth-order valence-corrected chi connectivity index (χ4v) is 6.92. The molecule has 0 atom stereocenters.